The molecule has 1 aliphatic heterocycles. The Labute approximate surface area is 164 Å². The lowest BCUT2D eigenvalue weighted by Crippen LogP contribution is -2.40. The minimum atomic E-state index is -0.116. The van der Waals surface area contributed by atoms with E-state index < -0.39 is 0 Å². The lowest BCUT2D eigenvalue weighted by molar-refractivity contribution is -0.119. The van der Waals surface area contributed by atoms with Gasteiger partial charge in [-0.1, -0.05) is 30.0 Å². The standard InChI is InChI=1S/C18H19N3O2S3/c1-2-7-25-18-20-19-17(26-18)21-13-4-3-5-14(22)16(13)12(9-15(21)23)11-6-8-24-10-11/h6,8,10,12H,2-5,7,9H2,1H3/t12-/m1/s1. The number of hydrogen-bond acceptors (Lipinski definition) is 7. The molecule has 2 aromatic rings. The normalized spacial score (nSPS) is 20.7. The molecule has 0 N–H and O–H groups in total. The monoisotopic (exact) mass is 405 g/mol. The van der Waals surface area contributed by atoms with Crippen molar-refractivity contribution in [2.24, 2.45) is 0 Å². The maximum atomic E-state index is 13.0. The Balaban J connectivity index is 1.74. The highest BCUT2D eigenvalue weighted by molar-refractivity contribution is 8.01. The summed E-state index contributed by atoms with van der Waals surface area (Å²) >= 11 is 4.70. The Morgan fingerprint density at radius 1 is 1.31 bits per heavy atom. The summed E-state index contributed by atoms with van der Waals surface area (Å²) < 4.78 is 0.874. The van der Waals surface area contributed by atoms with Crippen LogP contribution in [0.5, 0.6) is 0 Å². The molecule has 26 heavy (non-hydrogen) atoms. The second-order valence-corrected chi connectivity index (χ2v) is 9.46. The first kappa shape index (κ1) is 17.9. The van der Waals surface area contributed by atoms with E-state index in [2.05, 4.69) is 17.1 Å². The first-order valence-corrected chi connectivity index (χ1v) is 11.5. The molecule has 136 valence electrons. The van der Waals surface area contributed by atoms with Crippen molar-refractivity contribution in [3.05, 3.63) is 33.7 Å². The molecule has 0 fully saturated rings. The first-order chi connectivity index (χ1) is 12.7. The molecule has 8 heteroatoms. The number of carbonyl (C=O) groups is 2. The zero-order chi connectivity index (χ0) is 18.1. The summed E-state index contributed by atoms with van der Waals surface area (Å²) in [6, 6.07) is 2.02. The summed E-state index contributed by atoms with van der Waals surface area (Å²) in [6.45, 7) is 2.12. The number of hydrogen-bond donors (Lipinski definition) is 0. The molecule has 0 saturated heterocycles. The topological polar surface area (TPSA) is 63.2 Å². The molecular formula is C18H19N3O2S3. The van der Waals surface area contributed by atoms with Gasteiger partial charge in [0.2, 0.25) is 11.0 Å². The van der Waals surface area contributed by atoms with Crippen molar-refractivity contribution in [1.82, 2.24) is 10.2 Å². The van der Waals surface area contributed by atoms with Gasteiger partial charge in [-0.2, -0.15) is 11.3 Å². The van der Waals surface area contributed by atoms with Crippen molar-refractivity contribution < 1.29 is 9.59 Å². The Kier molecular flexibility index (Phi) is 5.24. The van der Waals surface area contributed by atoms with Gasteiger partial charge in [0.15, 0.2) is 10.1 Å². The number of thiophene rings is 1. The van der Waals surface area contributed by atoms with Crippen LogP contribution in [0.4, 0.5) is 5.13 Å². The third kappa shape index (κ3) is 3.25. The SMILES string of the molecule is CCCSc1nnc(N2C(=O)C[C@H](c3ccsc3)C3=C2CCCC3=O)s1. The van der Waals surface area contributed by atoms with Crippen LogP contribution in [0.15, 0.2) is 32.4 Å². The maximum Gasteiger partial charge on any atom is 0.234 e. The second kappa shape index (κ2) is 7.62. The average molecular weight is 406 g/mol. The summed E-state index contributed by atoms with van der Waals surface area (Å²) in [4.78, 5) is 27.4. The van der Waals surface area contributed by atoms with Crippen LogP contribution in [0.2, 0.25) is 0 Å². The molecule has 3 heterocycles. The van der Waals surface area contributed by atoms with Gasteiger partial charge in [-0.05, 0) is 41.7 Å². The van der Waals surface area contributed by atoms with E-state index in [4.69, 9.17) is 0 Å². The number of aromatic nitrogens is 2. The molecule has 2 aliphatic rings. The van der Waals surface area contributed by atoms with Crippen LogP contribution in [0, 0.1) is 0 Å². The summed E-state index contributed by atoms with van der Waals surface area (Å²) in [5, 5.41) is 13.1. The van der Waals surface area contributed by atoms with Crippen LogP contribution in [0.25, 0.3) is 0 Å². The predicted octanol–water partition coefficient (Wildman–Crippen LogP) is 4.63. The molecule has 0 saturated carbocycles. The van der Waals surface area contributed by atoms with Gasteiger partial charge < -0.3 is 0 Å². The minimum absolute atomic E-state index is 0.0119. The van der Waals surface area contributed by atoms with Gasteiger partial charge in [0.1, 0.15) is 0 Å². The number of amides is 1. The van der Waals surface area contributed by atoms with Crippen molar-refractivity contribution in [2.45, 2.75) is 49.3 Å². The van der Waals surface area contributed by atoms with E-state index >= 15 is 0 Å². The molecule has 1 amide bonds. The van der Waals surface area contributed by atoms with Gasteiger partial charge in [-0.15, -0.1) is 10.2 Å². The van der Waals surface area contributed by atoms with E-state index in [9.17, 15) is 9.59 Å². The number of ketones is 1. The summed E-state index contributed by atoms with van der Waals surface area (Å²) in [7, 11) is 0. The molecule has 1 aliphatic carbocycles. The first-order valence-electron chi connectivity index (χ1n) is 8.76. The van der Waals surface area contributed by atoms with E-state index in [0.717, 1.165) is 46.2 Å². The van der Waals surface area contributed by atoms with Gasteiger partial charge in [0, 0.05) is 35.8 Å². The molecule has 0 radical (unpaired) electrons. The van der Waals surface area contributed by atoms with Crippen LogP contribution < -0.4 is 4.90 Å². The Morgan fingerprint density at radius 3 is 2.96 bits per heavy atom. The maximum absolute atomic E-state index is 13.0. The number of nitrogens with zero attached hydrogens (tertiary/aromatic N) is 3. The van der Waals surface area contributed by atoms with Gasteiger partial charge in [-0.3, -0.25) is 14.5 Å². The molecule has 0 aromatic carbocycles. The quantitative estimate of drug-likeness (QED) is 0.536. The fourth-order valence-electron chi connectivity index (χ4n) is 3.51. The lowest BCUT2D eigenvalue weighted by Gasteiger charge is -2.36. The number of carbonyl (C=O) groups excluding carboxylic acids is 2. The van der Waals surface area contributed by atoms with Gasteiger partial charge in [0.25, 0.3) is 0 Å². The molecule has 1 atom stereocenters. The summed E-state index contributed by atoms with van der Waals surface area (Å²) in [5.41, 5.74) is 2.73. The fraction of sp³-hybridized carbons (Fsp3) is 0.444. The fourth-order valence-corrected chi connectivity index (χ4v) is 6.04. The molecule has 2 aromatic heterocycles. The number of anilines is 1. The number of rotatable bonds is 5. The van der Waals surface area contributed by atoms with Crippen molar-refractivity contribution in [3.8, 4) is 0 Å². The minimum Gasteiger partial charge on any atom is -0.294 e. The van der Waals surface area contributed by atoms with Crippen molar-refractivity contribution in [1.29, 1.82) is 0 Å². The predicted molar refractivity (Wildman–Crippen MR) is 106 cm³/mol. The zero-order valence-electron chi connectivity index (χ0n) is 14.4. The van der Waals surface area contributed by atoms with Crippen molar-refractivity contribution >= 4 is 51.3 Å². The molecule has 0 unspecified atom stereocenters. The molecule has 5 nitrogen and oxygen atoms in total. The molecular weight excluding hydrogens is 386 g/mol. The van der Waals surface area contributed by atoms with E-state index in [0.29, 0.717) is 18.0 Å². The number of thioether (sulfide) groups is 1. The highest BCUT2D eigenvalue weighted by atomic mass is 32.2. The van der Waals surface area contributed by atoms with E-state index in [1.807, 2.05) is 16.8 Å². The van der Waals surface area contributed by atoms with Gasteiger partial charge >= 0.3 is 0 Å². The highest BCUT2D eigenvalue weighted by Gasteiger charge is 2.40. The third-order valence-electron chi connectivity index (χ3n) is 4.64. The highest BCUT2D eigenvalue weighted by Crippen LogP contribution is 2.44. The Hall–Kier alpha value is -1.51. The lowest BCUT2D eigenvalue weighted by atomic mass is 9.78. The zero-order valence-corrected chi connectivity index (χ0v) is 16.9. The van der Waals surface area contributed by atoms with Gasteiger partial charge in [-0.25, -0.2) is 0 Å². The summed E-state index contributed by atoms with van der Waals surface area (Å²) in [5.74, 6) is 1.05. The number of Topliss-reactive ketones (excluding diaryl/α,β-unsaturated/α-hetero) is 1. The molecule has 0 bridgehead atoms. The smallest absolute Gasteiger partial charge is 0.234 e. The van der Waals surface area contributed by atoms with Crippen LogP contribution in [0.1, 0.15) is 50.5 Å². The van der Waals surface area contributed by atoms with Gasteiger partial charge in [0.05, 0.1) is 0 Å². The van der Waals surface area contributed by atoms with Crippen LogP contribution in [0.3, 0.4) is 0 Å². The van der Waals surface area contributed by atoms with E-state index in [-0.39, 0.29) is 17.6 Å². The second-order valence-electron chi connectivity index (χ2n) is 6.38. The van der Waals surface area contributed by atoms with Crippen LogP contribution in [-0.4, -0.2) is 27.6 Å². The average Bonchev–Trinajstić information content (AvgIpc) is 3.31. The Morgan fingerprint density at radius 2 is 2.19 bits per heavy atom. The van der Waals surface area contributed by atoms with Crippen molar-refractivity contribution in [3.63, 3.8) is 0 Å². The van der Waals surface area contributed by atoms with Crippen molar-refractivity contribution in [2.75, 3.05) is 10.7 Å². The van der Waals surface area contributed by atoms with E-state index in [1.54, 1.807) is 28.0 Å². The molecule has 0 spiro atoms. The molecule has 4 rings (SSSR count). The third-order valence-corrected chi connectivity index (χ3v) is 7.59. The largest absolute Gasteiger partial charge is 0.294 e. The van der Waals surface area contributed by atoms with E-state index in [1.165, 1.54) is 11.3 Å². The Bertz CT molecular complexity index is 857. The summed E-state index contributed by atoms with van der Waals surface area (Å²) in [6.07, 6.45) is 3.47. The number of allylic oxidation sites excluding steroid dienone is 2. The van der Waals surface area contributed by atoms with Crippen LogP contribution in [-0.2, 0) is 9.59 Å². The van der Waals surface area contributed by atoms with Crippen LogP contribution >= 0.6 is 34.4 Å².